The monoisotopic (exact) mass is 297 g/mol. The first kappa shape index (κ1) is 15.2. The molecule has 0 unspecified atom stereocenters. The number of aliphatic hydroxyl groups is 1. The zero-order valence-corrected chi connectivity index (χ0v) is 12.2. The van der Waals surface area contributed by atoms with Crippen LogP contribution in [-0.4, -0.2) is 10.1 Å². The minimum Gasteiger partial charge on any atom is -0.376 e. The lowest BCUT2D eigenvalue weighted by molar-refractivity contribution is 0.125. The summed E-state index contributed by atoms with van der Waals surface area (Å²) >= 11 is 0. The van der Waals surface area contributed by atoms with Crippen LogP contribution in [0.4, 0.5) is 0 Å². The standard InChI is InChI=1S/C18H15NO.ClH/c20-18(15-7-3-1-4-8-15,16-9-5-2-6-10-16)17-11-13-19-14-12-17;/h1-14,20H;1H. The fraction of sp³-hybridized carbons (Fsp3) is 0.0556. The second-order valence-electron chi connectivity index (χ2n) is 4.68. The Morgan fingerprint density at radius 1 is 0.619 bits per heavy atom. The minimum absolute atomic E-state index is 0. The van der Waals surface area contributed by atoms with Gasteiger partial charge in [-0.1, -0.05) is 60.7 Å². The molecule has 0 aliphatic rings. The van der Waals surface area contributed by atoms with E-state index in [1.54, 1.807) is 12.4 Å². The van der Waals surface area contributed by atoms with Crippen molar-refractivity contribution in [3.63, 3.8) is 0 Å². The third-order valence-electron chi connectivity index (χ3n) is 3.48. The van der Waals surface area contributed by atoms with Gasteiger partial charge in [0.25, 0.3) is 0 Å². The van der Waals surface area contributed by atoms with Gasteiger partial charge in [0.1, 0.15) is 5.60 Å². The Bertz CT molecular complexity index is 575. The largest absolute Gasteiger partial charge is 0.376 e. The number of hydrogen-bond acceptors (Lipinski definition) is 2. The van der Waals surface area contributed by atoms with E-state index >= 15 is 0 Å². The second kappa shape index (κ2) is 6.53. The van der Waals surface area contributed by atoms with Crippen LogP contribution in [0.25, 0.3) is 0 Å². The Kier molecular flexibility index (Phi) is 4.73. The lowest BCUT2D eigenvalue weighted by Gasteiger charge is -2.29. The third-order valence-corrected chi connectivity index (χ3v) is 3.48. The van der Waals surface area contributed by atoms with E-state index in [1.165, 1.54) is 0 Å². The predicted octanol–water partition coefficient (Wildman–Crippen LogP) is 3.79. The van der Waals surface area contributed by atoms with Gasteiger partial charge in [0.2, 0.25) is 0 Å². The maximum absolute atomic E-state index is 11.4. The molecular weight excluding hydrogens is 282 g/mol. The summed E-state index contributed by atoms with van der Waals surface area (Å²) in [7, 11) is 0. The first-order valence-corrected chi connectivity index (χ1v) is 6.56. The van der Waals surface area contributed by atoms with Gasteiger partial charge in [0.05, 0.1) is 0 Å². The van der Waals surface area contributed by atoms with Gasteiger partial charge in [0.15, 0.2) is 0 Å². The summed E-state index contributed by atoms with van der Waals surface area (Å²) in [6, 6.07) is 23.1. The lowest BCUT2D eigenvalue weighted by Crippen LogP contribution is -2.28. The summed E-state index contributed by atoms with van der Waals surface area (Å²) < 4.78 is 0. The number of pyridine rings is 1. The molecule has 0 atom stereocenters. The number of hydrogen-bond donors (Lipinski definition) is 1. The quantitative estimate of drug-likeness (QED) is 0.798. The molecule has 0 saturated carbocycles. The smallest absolute Gasteiger partial charge is 0.140 e. The van der Waals surface area contributed by atoms with Gasteiger partial charge in [0, 0.05) is 12.4 Å². The molecule has 0 saturated heterocycles. The fourth-order valence-corrected chi connectivity index (χ4v) is 2.45. The molecular formula is C18H16ClNO. The molecule has 0 aliphatic heterocycles. The zero-order valence-electron chi connectivity index (χ0n) is 11.4. The summed E-state index contributed by atoms with van der Waals surface area (Å²) in [5.74, 6) is 0. The first-order valence-electron chi connectivity index (χ1n) is 6.56. The highest BCUT2D eigenvalue weighted by Gasteiger charge is 2.33. The zero-order chi connectivity index (χ0) is 13.8. The van der Waals surface area contributed by atoms with Gasteiger partial charge < -0.3 is 5.11 Å². The highest BCUT2D eigenvalue weighted by molar-refractivity contribution is 5.85. The molecule has 1 N–H and O–H groups in total. The number of nitrogens with zero attached hydrogens (tertiary/aromatic N) is 1. The van der Waals surface area contributed by atoms with Crippen molar-refractivity contribution in [3.8, 4) is 0 Å². The van der Waals surface area contributed by atoms with Crippen molar-refractivity contribution < 1.29 is 5.11 Å². The number of aromatic nitrogens is 1. The van der Waals surface area contributed by atoms with Crippen molar-refractivity contribution >= 4 is 12.4 Å². The summed E-state index contributed by atoms with van der Waals surface area (Å²) in [6.07, 6.45) is 3.40. The van der Waals surface area contributed by atoms with Crippen molar-refractivity contribution in [2.24, 2.45) is 0 Å². The molecule has 3 heteroatoms. The SMILES string of the molecule is Cl.OC(c1ccccc1)(c1ccccc1)c1ccncc1. The van der Waals surface area contributed by atoms with Crippen LogP contribution in [0.3, 0.4) is 0 Å². The van der Waals surface area contributed by atoms with E-state index in [4.69, 9.17) is 0 Å². The van der Waals surface area contributed by atoms with Crippen LogP contribution >= 0.6 is 12.4 Å². The highest BCUT2D eigenvalue weighted by Crippen LogP contribution is 2.35. The molecule has 2 nitrogen and oxygen atoms in total. The van der Waals surface area contributed by atoms with E-state index in [0.717, 1.165) is 16.7 Å². The molecule has 0 amide bonds. The van der Waals surface area contributed by atoms with Gasteiger partial charge in [-0.25, -0.2) is 0 Å². The van der Waals surface area contributed by atoms with E-state index < -0.39 is 5.60 Å². The number of halogens is 1. The molecule has 3 rings (SSSR count). The van der Waals surface area contributed by atoms with Crippen LogP contribution in [0.5, 0.6) is 0 Å². The Morgan fingerprint density at radius 3 is 1.43 bits per heavy atom. The fourth-order valence-electron chi connectivity index (χ4n) is 2.45. The second-order valence-corrected chi connectivity index (χ2v) is 4.68. The summed E-state index contributed by atoms with van der Waals surface area (Å²) in [6.45, 7) is 0. The molecule has 1 heterocycles. The van der Waals surface area contributed by atoms with Crippen LogP contribution in [0.2, 0.25) is 0 Å². The first-order chi connectivity index (χ1) is 9.82. The molecule has 3 aromatic rings. The van der Waals surface area contributed by atoms with Gasteiger partial charge in [-0.3, -0.25) is 4.98 Å². The normalized spacial score (nSPS) is 10.7. The topological polar surface area (TPSA) is 33.1 Å². The Hall–Kier alpha value is -2.16. The molecule has 106 valence electrons. The van der Waals surface area contributed by atoms with Crippen molar-refractivity contribution in [3.05, 3.63) is 102 Å². The van der Waals surface area contributed by atoms with Crippen LogP contribution in [-0.2, 0) is 5.60 Å². The van der Waals surface area contributed by atoms with Gasteiger partial charge >= 0.3 is 0 Å². The van der Waals surface area contributed by atoms with E-state index in [0.29, 0.717) is 0 Å². The Balaban J connectivity index is 0.00000161. The third kappa shape index (κ3) is 2.82. The van der Waals surface area contributed by atoms with E-state index in [1.807, 2.05) is 72.8 Å². The average Bonchev–Trinajstić information content (AvgIpc) is 2.56. The van der Waals surface area contributed by atoms with Crippen molar-refractivity contribution in [1.82, 2.24) is 4.98 Å². The molecule has 1 aromatic heterocycles. The molecule has 0 spiro atoms. The maximum Gasteiger partial charge on any atom is 0.140 e. The minimum atomic E-state index is -1.16. The number of benzene rings is 2. The molecule has 0 aliphatic carbocycles. The van der Waals surface area contributed by atoms with Gasteiger partial charge in [-0.05, 0) is 28.8 Å². The van der Waals surface area contributed by atoms with Crippen LogP contribution in [0.15, 0.2) is 85.2 Å². The summed E-state index contributed by atoms with van der Waals surface area (Å²) in [4.78, 5) is 4.04. The predicted molar refractivity (Wildman–Crippen MR) is 86.5 cm³/mol. The van der Waals surface area contributed by atoms with E-state index in [-0.39, 0.29) is 12.4 Å². The molecule has 21 heavy (non-hydrogen) atoms. The maximum atomic E-state index is 11.4. The highest BCUT2D eigenvalue weighted by atomic mass is 35.5. The van der Waals surface area contributed by atoms with E-state index in [9.17, 15) is 5.11 Å². The van der Waals surface area contributed by atoms with Crippen LogP contribution in [0, 0.1) is 0 Å². The average molecular weight is 298 g/mol. The number of rotatable bonds is 3. The van der Waals surface area contributed by atoms with Gasteiger partial charge in [-0.2, -0.15) is 0 Å². The molecule has 0 bridgehead atoms. The summed E-state index contributed by atoms with van der Waals surface area (Å²) in [5, 5.41) is 11.4. The molecule has 0 radical (unpaired) electrons. The lowest BCUT2D eigenvalue weighted by atomic mass is 9.81. The Labute approximate surface area is 130 Å². The van der Waals surface area contributed by atoms with Crippen LogP contribution < -0.4 is 0 Å². The van der Waals surface area contributed by atoms with Crippen molar-refractivity contribution in [1.29, 1.82) is 0 Å². The van der Waals surface area contributed by atoms with E-state index in [2.05, 4.69) is 4.98 Å². The Morgan fingerprint density at radius 2 is 1.00 bits per heavy atom. The van der Waals surface area contributed by atoms with Crippen molar-refractivity contribution in [2.75, 3.05) is 0 Å². The van der Waals surface area contributed by atoms with Gasteiger partial charge in [-0.15, -0.1) is 12.4 Å². The van der Waals surface area contributed by atoms with Crippen LogP contribution in [0.1, 0.15) is 16.7 Å². The van der Waals surface area contributed by atoms with Crippen molar-refractivity contribution in [2.45, 2.75) is 5.60 Å². The molecule has 0 fully saturated rings. The summed E-state index contributed by atoms with van der Waals surface area (Å²) in [5.41, 5.74) is 1.34. The molecule has 2 aromatic carbocycles.